The van der Waals surface area contributed by atoms with Gasteiger partial charge >= 0.3 is 0 Å². The number of aromatic nitrogens is 4. The first-order valence-corrected chi connectivity index (χ1v) is 14.6. The van der Waals surface area contributed by atoms with Crippen molar-refractivity contribution in [2.45, 2.75) is 50.7 Å². The van der Waals surface area contributed by atoms with E-state index in [-0.39, 0.29) is 21.0 Å². The van der Waals surface area contributed by atoms with Crippen molar-refractivity contribution in [3.8, 4) is 17.3 Å². The van der Waals surface area contributed by atoms with Gasteiger partial charge in [0.1, 0.15) is 16.4 Å². The molecule has 2 aromatic heterocycles. The summed E-state index contributed by atoms with van der Waals surface area (Å²) in [5, 5.41) is 8.43. The molecule has 0 radical (unpaired) electrons. The number of aromatic amines is 1. The van der Waals surface area contributed by atoms with Crippen molar-refractivity contribution < 1.29 is 13.2 Å². The second-order valence-electron chi connectivity index (χ2n) is 9.60. The van der Waals surface area contributed by atoms with Crippen LogP contribution in [0.25, 0.3) is 22.4 Å². The summed E-state index contributed by atoms with van der Waals surface area (Å²) in [7, 11) is -3.94. The Bertz CT molecular complexity index is 1570. The molecule has 200 valence electrons. The summed E-state index contributed by atoms with van der Waals surface area (Å²) in [6, 6.07) is 11.5. The van der Waals surface area contributed by atoms with Gasteiger partial charge in [-0.05, 0) is 76.1 Å². The molecular weight excluding hydrogens is 547 g/mol. The molecule has 0 saturated carbocycles. The zero-order valence-corrected chi connectivity index (χ0v) is 23.5. The Balaban J connectivity index is 1.39. The Morgan fingerprint density at radius 3 is 2.47 bits per heavy atom. The monoisotopic (exact) mass is 574 g/mol. The maximum Gasteiger partial charge on any atom is 0.263 e. The van der Waals surface area contributed by atoms with Gasteiger partial charge in [-0.1, -0.05) is 23.2 Å². The summed E-state index contributed by atoms with van der Waals surface area (Å²) in [4.78, 5) is 11.7. The normalized spacial score (nSPS) is 15.3. The van der Waals surface area contributed by atoms with Crippen molar-refractivity contribution in [2.24, 2.45) is 0 Å². The average molecular weight is 576 g/mol. The number of rotatable bonds is 7. The van der Waals surface area contributed by atoms with Gasteiger partial charge < -0.3 is 9.64 Å². The van der Waals surface area contributed by atoms with Gasteiger partial charge in [-0.25, -0.2) is 13.4 Å². The molecule has 12 heteroatoms. The number of H-pyrrole nitrogens is 1. The third-order valence-electron chi connectivity index (χ3n) is 6.62. The molecule has 5 rings (SSSR count). The third-order valence-corrected chi connectivity index (χ3v) is 8.72. The van der Waals surface area contributed by atoms with E-state index in [0.717, 1.165) is 37.0 Å². The van der Waals surface area contributed by atoms with Crippen molar-refractivity contribution in [1.82, 2.24) is 25.1 Å². The predicted octanol–water partition coefficient (Wildman–Crippen LogP) is 5.69. The maximum atomic E-state index is 12.9. The maximum absolute atomic E-state index is 12.9. The number of piperidine rings is 1. The molecule has 0 bridgehead atoms. The summed E-state index contributed by atoms with van der Waals surface area (Å²) >= 11 is 12.1. The number of fused-ring (bicyclic) bond motifs is 1. The fraction of sp³-hybridized carbons (Fsp3) is 0.346. The zero-order valence-electron chi connectivity index (χ0n) is 21.2. The zero-order chi connectivity index (χ0) is 27.0. The highest BCUT2D eigenvalue weighted by Crippen LogP contribution is 2.31. The molecular formula is C26H28Cl2N6O3S. The first-order chi connectivity index (χ1) is 18.1. The van der Waals surface area contributed by atoms with Gasteiger partial charge in [0.05, 0.1) is 5.02 Å². The van der Waals surface area contributed by atoms with Crippen molar-refractivity contribution in [3.63, 3.8) is 0 Å². The topological polar surface area (TPSA) is 113 Å². The van der Waals surface area contributed by atoms with Gasteiger partial charge in [-0.15, -0.1) is 0 Å². The summed E-state index contributed by atoms with van der Waals surface area (Å²) < 4.78 is 34.7. The molecule has 3 heterocycles. The molecule has 1 aliphatic heterocycles. The number of halogens is 2. The van der Waals surface area contributed by atoms with Crippen LogP contribution < -0.4 is 9.46 Å². The molecule has 9 nitrogen and oxygen atoms in total. The van der Waals surface area contributed by atoms with Crippen molar-refractivity contribution in [2.75, 3.05) is 17.8 Å². The van der Waals surface area contributed by atoms with Gasteiger partial charge in [0.15, 0.2) is 11.5 Å². The largest absolute Gasteiger partial charge is 0.474 e. The highest BCUT2D eigenvalue weighted by atomic mass is 35.5. The average Bonchev–Trinajstić information content (AvgIpc) is 3.26. The number of likely N-dealkylation sites (tertiary alicyclic amines) is 1. The quantitative estimate of drug-likeness (QED) is 0.291. The van der Waals surface area contributed by atoms with Crippen molar-refractivity contribution in [3.05, 3.63) is 58.2 Å². The minimum absolute atomic E-state index is 0.0559. The smallest absolute Gasteiger partial charge is 0.263 e. The number of ether oxygens (including phenoxy) is 1. The van der Waals surface area contributed by atoms with Crippen LogP contribution in [0, 0.1) is 6.92 Å². The number of hydrogen-bond acceptors (Lipinski definition) is 7. The Labute approximate surface area is 231 Å². The lowest BCUT2D eigenvalue weighted by atomic mass is 10.1. The van der Waals surface area contributed by atoms with Crippen molar-refractivity contribution in [1.29, 1.82) is 0 Å². The van der Waals surface area contributed by atoms with E-state index < -0.39 is 10.0 Å². The minimum Gasteiger partial charge on any atom is -0.474 e. The molecule has 0 atom stereocenters. The fourth-order valence-electron chi connectivity index (χ4n) is 4.49. The Morgan fingerprint density at radius 1 is 1.08 bits per heavy atom. The highest BCUT2D eigenvalue weighted by Gasteiger charge is 2.25. The lowest BCUT2D eigenvalue weighted by molar-refractivity contribution is 0.0824. The van der Waals surface area contributed by atoms with E-state index in [1.807, 2.05) is 6.92 Å². The van der Waals surface area contributed by atoms with Gasteiger partial charge in [0.2, 0.25) is 5.88 Å². The molecule has 1 aliphatic rings. The molecule has 0 spiro atoms. The van der Waals surface area contributed by atoms with Crippen LogP contribution in [0.2, 0.25) is 10.0 Å². The van der Waals surface area contributed by atoms with Crippen LogP contribution in [0.1, 0.15) is 32.4 Å². The highest BCUT2D eigenvalue weighted by molar-refractivity contribution is 7.92. The Hall–Kier alpha value is -2.92. The van der Waals surface area contributed by atoms with Crippen LogP contribution in [-0.4, -0.2) is 58.7 Å². The van der Waals surface area contributed by atoms with E-state index in [4.69, 9.17) is 32.9 Å². The number of anilines is 1. The molecule has 0 amide bonds. The van der Waals surface area contributed by atoms with Crippen LogP contribution in [-0.2, 0) is 10.0 Å². The number of nitrogens with one attached hydrogen (secondary N) is 2. The van der Waals surface area contributed by atoms with Crippen LogP contribution in [0.5, 0.6) is 5.88 Å². The summed E-state index contributed by atoms with van der Waals surface area (Å²) in [6.45, 7) is 8.29. The fourth-order valence-corrected chi connectivity index (χ4v) is 6.32. The molecule has 0 aliphatic carbocycles. The third kappa shape index (κ3) is 5.58. The van der Waals surface area contributed by atoms with Gasteiger partial charge in [0.25, 0.3) is 10.0 Å². The second-order valence-corrected chi connectivity index (χ2v) is 12.1. The van der Waals surface area contributed by atoms with Crippen LogP contribution in [0.3, 0.4) is 0 Å². The summed E-state index contributed by atoms with van der Waals surface area (Å²) in [5.74, 6) is 0.936. The Kier molecular flexibility index (Phi) is 7.50. The molecule has 2 N–H and O–H groups in total. The number of aryl methyl sites for hydroxylation is 1. The van der Waals surface area contributed by atoms with Gasteiger partial charge in [-0.3, -0.25) is 9.82 Å². The van der Waals surface area contributed by atoms with E-state index >= 15 is 0 Å². The summed E-state index contributed by atoms with van der Waals surface area (Å²) in [6.07, 6.45) is 1.89. The SMILES string of the molecule is Cc1[nH]nc2nc(-c3ccc(NS(=O)(=O)c4cc(Cl)ccc4Cl)cc3)nc(OC3CCN(C(C)C)CC3)c12. The van der Waals surface area contributed by atoms with E-state index in [9.17, 15) is 8.42 Å². The lowest BCUT2D eigenvalue weighted by Gasteiger charge is -2.34. The number of hydrogen-bond donors (Lipinski definition) is 2. The van der Waals surface area contributed by atoms with Gasteiger partial charge in [-0.2, -0.15) is 10.1 Å². The molecule has 1 saturated heterocycles. The molecule has 0 unspecified atom stereocenters. The first-order valence-electron chi connectivity index (χ1n) is 12.3. The van der Waals surface area contributed by atoms with Crippen LogP contribution in [0.4, 0.5) is 5.69 Å². The van der Waals surface area contributed by atoms with Crippen molar-refractivity contribution >= 4 is 49.9 Å². The summed E-state index contributed by atoms with van der Waals surface area (Å²) in [5.41, 5.74) is 2.40. The Morgan fingerprint density at radius 2 is 1.79 bits per heavy atom. The molecule has 4 aromatic rings. The van der Waals surface area contributed by atoms with E-state index in [2.05, 4.69) is 38.7 Å². The second kappa shape index (κ2) is 10.7. The lowest BCUT2D eigenvalue weighted by Crippen LogP contribution is -2.41. The van der Waals surface area contributed by atoms with Gasteiger partial charge in [0, 0.05) is 41.1 Å². The van der Waals surface area contributed by atoms with Crippen LogP contribution in [0.15, 0.2) is 47.4 Å². The predicted molar refractivity (Wildman–Crippen MR) is 149 cm³/mol. The molecule has 2 aromatic carbocycles. The molecule has 1 fully saturated rings. The number of benzene rings is 2. The van der Waals surface area contributed by atoms with E-state index in [1.165, 1.54) is 18.2 Å². The minimum atomic E-state index is -3.94. The van der Waals surface area contributed by atoms with E-state index in [1.54, 1.807) is 24.3 Å². The standard InChI is InChI=1S/C26H28Cl2N6O3S/c1-15(2)34-12-10-20(11-13-34)37-26-23-16(3)31-32-25(23)29-24(30-26)17-4-7-19(8-5-17)33-38(35,36)22-14-18(27)6-9-21(22)28/h4-9,14-15,20,33H,10-13H2,1-3H3,(H,29,30,31,32). The number of nitrogens with zero attached hydrogens (tertiary/aromatic N) is 4. The molecule has 38 heavy (non-hydrogen) atoms. The number of sulfonamides is 1. The van der Waals surface area contributed by atoms with E-state index in [0.29, 0.717) is 34.6 Å². The first kappa shape index (κ1) is 26.7. The van der Waals surface area contributed by atoms with Crippen LogP contribution >= 0.6 is 23.2 Å².